The Morgan fingerprint density at radius 3 is 1.25 bits per heavy atom. The van der Waals surface area contributed by atoms with Gasteiger partial charge in [0.25, 0.3) is 0 Å². The summed E-state index contributed by atoms with van der Waals surface area (Å²) in [5.74, 6) is 2.82. The molecule has 4 atom stereocenters. The Balaban J connectivity index is 1.44. The number of halogens is 2. The van der Waals surface area contributed by atoms with Crippen molar-refractivity contribution in [2.45, 2.75) is 166 Å². The fraction of sp³-hybridized carbons (Fsp3) is 0.412. The second-order valence-electron chi connectivity index (χ2n) is 24.4. The molecule has 0 fully saturated rings. The second kappa shape index (κ2) is 20.2. The molecule has 0 aromatic heterocycles. The molecule has 6 aromatic rings. The standard InChI is InChI=1S/2C28H37.C12H9Si.2ClH.Zr/c2*1-9-20(8)24-12-21-10-11-26(19(6)7)28(27(21)16-24)25-14-22(17(2)3)13-23(15-25)18(4)5;1-3-7-11-9(5-1)10-6-2-4-8-12(10)13-11;;;/h2*10-20H,9H2,1-8H3;1-7H,13H2;2*1H;/q;;;;;+2/p-2. The van der Waals surface area contributed by atoms with Gasteiger partial charge < -0.3 is 0 Å². The Kier molecular flexibility index (Phi) is 15.0. The van der Waals surface area contributed by atoms with Crippen LogP contribution in [0.5, 0.6) is 0 Å². The molecule has 2 aliphatic carbocycles. The van der Waals surface area contributed by atoms with Crippen LogP contribution in [-0.2, 0) is 16.4 Å². The average Bonchev–Trinajstić information content (AvgIpc) is 4.08. The maximum absolute atomic E-state index is 9.79. The van der Waals surface area contributed by atoms with E-state index in [-0.39, 0.29) is 19.1 Å². The molecule has 72 heavy (non-hydrogen) atoms. The Bertz CT molecular complexity index is 2930. The van der Waals surface area contributed by atoms with E-state index in [9.17, 15) is 17.0 Å². The van der Waals surface area contributed by atoms with Crippen molar-refractivity contribution in [2.24, 2.45) is 11.8 Å². The maximum atomic E-state index is 9.79. The SMILES string of the molecule is CCC(C)C1=Cc2c(ccc(C(C)C)c2-c2cc(C(C)C)cc(C(C)C)c2)[CH]1[Zr]([Cl])([Cl])([c]1cccc2c1[SiH2]c1ccccc1-2)[CH]1C(C(C)CC)=Cc2c1ccc(C(C)C)c2-c1cc(C(C)C)cc(C(C)C)c1. The number of hydrogen-bond acceptors (Lipinski definition) is 0. The van der Waals surface area contributed by atoms with Crippen molar-refractivity contribution >= 4 is 52.3 Å². The molecule has 0 nitrogen and oxygen atoms in total. The zero-order valence-corrected chi connectivity index (χ0v) is 52.0. The molecular formula is C68H83Cl2SiZr. The first-order valence-corrected chi connectivity index (χ1v) is 39.8. The molecule has 377 valence electrons. The van der Waals surface area contributed by atoms with Crippen LogP contribution < -0.4 is 13.6 Å². The van der Waals surface area contributed by atoms with Gasteiger partial charge in [-0.2, -0.15) is 0 Å². The average molecular weight is 1090 g/mol. The van der Waals surface area contributed by atoms with Crippen LogP contribution in [0.3, 0.4) is 0 Å². The van der Waals surface area contributed by atoms with Crippen LogP contribution in [0.2, 0.25) is 0 Å². The molecule has 1 aliphatic heterocycles. The van der Waals surface area contributed by atoms with Gasteiger partial charge in [0.05, 0.1) is 0 Å². The van der Waals surface area contributed by atoms with E-state index >= 15 is 0 Å². The Morgan fingerprint density at radius 1 is 0.458 bits per heavy atom. The van der Waals surface area contributed by atoms with Gasteiger partial charge in [-0.25, -0.2) is 0 Å². The van der Waals surface area contributed by atoms with E-state index in [0.717, 1.165) is 12.8 Å². The first kappa shape index (κ1) is 53.3. The van der Waals surface area contributed by atoms with E-state index in [2.05, 4.69) is 226 Å². The number of fused-ring (bicyclic) bond motifs is 5. The summed E-state index contributed by atoms with van der Waals surface area (Å²) in [6, 6.07) is 41.3. The molecule has 6 aromatic carbocycles. The van der Waals surface area contributed by atoms with Gasteiger partial charge in [0.1, 0.15) is 0 Å². The predicted octanol–water partition coefficient (Wildman–Crippen LogP) is 18.9. The molecule has 3 aliphatic rings. The van der Waals surface area contributed by atoms with Crippen LogP contribution in [-0.4, -0.2) is 9.52 Å². The fourth-order valence-electron chi connectivity index (χ4n) is 13.1. The molecule has 0 N–H and O–H groups in total. The van der Waals surface area contributed by atoms with Gasteiger partial charge in [0, 0.05) is 0 Å². The Morgan fingerprint density at radius 2 is 0.861 bits per heavy atom. The first-order valence-electron chi connectivity index (χ1n) is 28.0. The predicted molar refractivity (Wildman–Crippen MR) is 320 cm³/mol. The molecule has 9 rings (SSSR count). The minimum absolute atomic E-state index is 0.143. The van der Waals surface area contributed by atoms with Gasteiger partial charge in [-0.15, -0.1) is 0 Å². The van der Waals surface area contributed by atoms with Crippen LogP contribution in [0.4, 0.5) is 0 Å². The van der Waals surface area contributed by atoms with Crippen molar-refractivity contribution in [2.75, 3.05) is 0 Å². The van der Waals surface area contributed by atoms with Gasteiger partial charge in [-0.3, -0.25) is 0 Å². The molecule has 4 unspecified atom stereocenters. The molecule has 0 saturated carbocycles. The van der Waals surface area contributed by atoms with Gasteiger partial charge >= 0.3 is 450 Å². The Labute approximate surface area is 446 Å². The fourth-order valence-corrected chi connectivity index (χ4v) is 41.1. The van der Waals surface area contributed by atoms with Crippen LogP contribution in [0.1, 0.15) is 222 Å². The summed E-state index contributed by atoms with van der Waals surface area (Å²) in [5.41, 5.74) is 24.8. The molecule has 0 saturated heterocycles. The zero-order chi connectivity index (χ0) is 51.9. The summed E-state index contributed by atoms with van der Waals surface area (Å²) in [7, 11) is 18.6. The first-order chi connectivity index (χ1) is 34.1. The van der Waals surface area contributed by atoms with Crippen molar-refractivity contribution in [3.63, 3.8) is 0 Å². The van der Waals surface area contributed by atoms with Crippen molar-refractivity contribution in [3.8, 4) is 33.4 Å². The number of rotatable bonds is 15. The van der Waals surface area contributed by atoms with Crippen LogP contribution in [0, 0.1) is 11.8 Å². The molecule has 0 radical (unpaired) electrons. The molecule has 0 spiro atoms. The van der Waals surface area contributed by atoms with Crippen LogP contribution in [0.15, 0.2) is 114 Å². The number of allylic oxidation sites excluding steroid dienone is 2. The van der Waals surface area contributed by atoms with Gasteiger partial charge in [0.2, 0.25) is 0 Å². The molecular weight excluding hydrogens is 1010 g/mol. The minimum atomic E-state index is -5.90. The van der Waals surface area contributed by atoms with E-state index in [0.29, 0.717) is 35.5 Å². The van der Waals surface area contributed by atoms with Crippen molar-refractivity contribution in [1.29, 1.82) is 0 Å². The molecule has 0 bridgehead atoms. The van der Waals surface area contributed by atoms with E-state index in [1.165, 1.54) is 114 Å². The van der Waals surface area contributed by atoms with Gasteiger partial charge in [0.15, 0.2) is 0 Å². The third-order valence-corrected chi connectivity index (χ3v) is 40.4. The van der Waals surface area contributed by atoms with Crippen LogP contribution >= 0.6 is 17.0 Å². The summed E-state index contributed by atoms with van der Waals surface area (Å²) in [6.07, 6.45) is 7.30. The van der Waals surface area contributed by atoms with E-state index < -0.39 is 25.9 Å². The topological polar surface area (TPSA) is 0 Å². The van der Waals surface area contributed by atoms with Crippen molar-refractivity contribution in [1.82, 2.24) is 0 Å². The molecule has 0 amide bonds. The van der Waals surface area contributed by atoms with Gasteiger partial charge in [-0.05, 0) is 0 Å². The van der Waals surface area contributed by atoms with E-state index in [1.807, 2.05) is 0 Å². The second-order valence-corrected chi connectivity index (χ2v) is 46.8. The van der Waals surface area contributed by atoms with Crippen LogP contribution in [0.25, 0.3) is 45.5 Å². The zero-order valence-electron chi connectivity index (χ0n) is 46.6. The summed E-state index contributed by atoms with van der Waals surface area (Å²) in [6.45, 7) is 37.9. The van der Waals surface area contributed by atoms with Crippen molar-refractivity contribution < 1.29 is 16.4 Å². The third kappa shape index (κ3) is 8.85. The number of benzene rings is 6. The Hall–Kier alpha value is -3.52. The normalized spacial score (nSPS) is 18.0. The molecule has 1 heterocycles. The van der Waals surface area contributed by atoms with E-state index in [4.69, 9.17) is 0 Å². The monoisotopic (exact) mass is 1090 g/mol. The summed E-state index contributed by atoms with van der Waals surface area (Å²) in [5, 5.41) is 2.99. The summed E-state index contributed by atoms with van der Waals surface area (Å²) in [4.78, 5) is 0. The van der Waals surface area contributed by atoms with Crippen molar-refractivity contribution in [3.05, 3.63) is 170 Å². The third-order valence-electron chi connectivity index (χ3n) is 17.8. The molecule has 4 heteroatoms. The number of hydrogen-bond donors (Lipinski definition) is 0. The van der Waals surface area contributed by atoms with E-state index in [1.54, 1.807) is 0 Å². The van der Waals surface area contributed by atoms with Gasteiger partial charge in [-0.1, -0.05) is 0 Å². The quantitative estimate of drug-likeness (QED) is 0.0898. The summed E-state index contributed by atoms with van der Waals surface area (Å²) >= 11 is -5.90. The summed E-state index contributed by atoms with van der Waals surface area (Å²) < 4.78 is 1.03.